The Kier molecular flexibility index (Phi) is 5.29. The Bertz CT molecular complexity index is 335. The normalized spacial score (nSPS) is 34.5. The van der Waals surface area contributed by atoms with E-state index in [0.29, 0.717) is 0 Å². The van der Waals surface area contributed by atoms with Crippen molar-refractivity contribution in [2.24, 2.45) is 23.7 Å². The molecule has 2 aliphatic carbocycles. The molecule has 0 N–H and O–H groups in total. The van der Waals surface area contributed by atoms with Gasteiger partial charge in [0, 0.05) is 0 Å². The fourth-order valence-electron chi connectivity index (χ4n) is 4.25. The van der Waals surface area contributed by atoms with E-state index < -0.39 is 0 Å². The Morgan fingerprint density at radius 3 is 1.05 bits per heavy atom. The molecule has 0 aromatic heterocycles. The Labute approximate surface area is 126 Å². The second kappa shape index (κ2) is 6.78. The molecule has 112 valence electrons. The van der Waals surface area contributed by atoms with Gasteiger partial charge in [-0.3, -0.25) is 0 Å². The van der Waals surface area contributed by atoms with E-state index in [4.69, 9.17) is 0 Å². The molecule has 0 aliphatic heterocycles. The van der Waals surface area contributed by atoms with E-state index in [1.807, 2.05) is 0 Å². The molecule has 0 heterocycles. The molecule has 0 saturated heterocycles. The standard InChI is InChI=1S/C20H32/c1-14(2)17-6-10-19(11-7-17)16(5)20-12-8-18(9-13-20)15(3)4/h17-20H,1,3,5-13H2,2,4H3. The summed E-state index contributed by atoms with van der Waals surface area (Å²) in [6.45, 7) is 17.1. The maximum atomic E-state index is 4.50. The zero-order chi connectivity index (χ0) is 14.7. The van der Waals surface area contributed by atoms with Gasteiger partial charge in [0.2, 0.25) is 0 Å². The first-order valence-electron chi connectivity index (χ1n) is 8.48. The monoisotopic (exact) mass is 272 g/mol. The molecule has 0 amide bonds. The van der Waals surface area contributed by atoms with Crippen LogP contribution in [0.15, 0.2) is 36.5 Å². The number of allylic oxidation sites excluding steroid dienone is 3. The van der Waals surface area contributed by atoms with Crippen molar-refractivity contribution in [2.75, 3.05) is 0 Å². The highest BCUT2D eigenvalue weighted by Crippen LogP contribution is 2.43. The lowest BCUT2D eigenvalue weighted by Crippen LogP contribution is -2.23. The summed E-state index contributed by atoms with van der Waals surface area (Å²) in [5.74, 6) is 3.13. The second-order valence-corrected chi connectivity index (χ2v) is 7.36. The fraction of sp³-hybridized carbons (Fsp3) is 0.700. The summed E-state index contributed by atoms with van der Waals surface area (Å²) in [5, 5.41) is 0. The summed E-state index contributed by atoms with van der Waals surface area (Å²) in [4.78, 5) is 0. The molecule has 2 saturated carbocycles. The van der Waals surface area contributed by atoms with Gasteiger partial charge in [0.25, 0.3) is 0 Å². The van der Waals surface area contributed by atoms with Gasteiger partial charge in [-0.1, -0.05) is 36.5 Å². The molecular weight excluding hydrogens is 240 g/mol. The Hall–Kier alpha value is -0.780. The highest BCUT2D eigenvalue weighted by atomic mass is 14.3. The summed E-state index contributed by atoms with van der Waals surface area (Å²) in [6.07, 6.45) is 10.7. The van der Waals surface area contributed by atoms with Gasteiger partial charge >= 0.3 is 0 Å². The van der Waals surface area contributed by atoms with Gasteiger partial charge in [-0.2, -0.15) is 0 Å². The summed E-state index contributed by atoms with van der Waals surface area (Å²) < 4.78 is 0. The topological polar surface area (TPSA) is 0 Å². The van der Waals surface area contributed by atoms with Gasteiger partial charge in [-0.05, 0) is 88.9 Å². The van der Waals surface area contributed by atoms with Crippen LogP contribution in [0.4, 0.5) is 0 Å². The minimum atomic E-state index is 0.776. The average Bonchev–Trinajstić information content (AvgIpc) is 2.46. The van der Waals surface area contributed by atoms with Crippen LogP contribution in [0.3, 0.4) is 0 Å². The van der Waals surface area contributed by atoms with Gasteiger partial charge in [0.05, 0.1) is 0 Å². The summed E-state index contributed by atoms with van der Waals surface area (Å²) >= 11 is 0. The third kappa shape index (κ3) is 3.65. The summed E-state index contributed by atoms with van der Waals surface area (Å²) in [6, 6.07) is 0. The molecule has 20 heavy (non-hydrogen) atoms. The zero-order valence-electron chi connectivity index (χ0n) is 13.6. The maximum absolute atomic E-state index is 4.50. The van der Waals surface area contributed by atoms with Crippen molar-refractivity contribution in [3.8, 4) is 0 Å². The molecule has 0 radical (unpaired) electrons. The molecule has 2 aliphatic rings. The van der Waals surface area contributed by atoms with Crippen molar-refractivity contribution in [2.45, 2.75) is 65.2 Å². The van der Waals surface area contributed by atoms with Crippen LogP contribution in [0, 0.1) is 23.7 Å². The van der Waals surface area contributed by atoms with Crippen molar-refractivity contribution in [1.29, 1.82) is 0 Å². The van der Waals surface area contributed by atoms with Crippen molar-refractivity contribution in [3.63, 3.8) is 0 Å². The molecule has 0 nitrogen and oxygen atoms in total. The molecule has 0 aromatic rings. The van der Waals surface area contributed by atoms with E-state index in [1.54, 1.807) is 5.57 Å². The molecule has 0 heteroatoms. The van der Waals surface area contributed by atoms with Crippen LogP contribution >= 0.6 is 0 Å². The predicted octanol–water partition coefficient (Wildman–Crippen LogP) is 6.31. The van der Waals surface area contributed by atoms with Crippen LogP contribution in [0.5, 0.6) is 0 Å². The summed E-state index contributed by atoms with van der Waals surface area (Å²) in [7, 11) is 0. The second-order valence-electron chi connectivity index (χ2n) is 7.36. The lowest BCUT2D eigenvalue weighted by atomic mass is 9.69. The van der Waals surface area contributed by atoms with Crippen LogP contribution in [-0.4, -0.2) is 0 Å². The van der Waals surface area contributed by atoms with E-state index in [2.05, 4.69) is 33.6 Å². The third-order valence-corrected chi connectivity index (χ3v) is 5.90. The smallest absolute Gasteiger partial charge is 0.0203 e. The van der Waals surface area contributed by atoms with E-state index in [1.165, 1.54) is 62.5 Å². The molecule has 0 spiro atoms. The molecular formula is C20H32. The lowest BCUT2D eigenvalue weighted by molar-refractivity contribution is 0.275. The fourth-order valence-corrected chi connectivity index (χ4v) is 4.25. The first-order valence-corrected chi connectivity index (χ1v) is 8.48. The van der Waals surface area contributed by atoms with Crippen LogP contribution in [-0.2, 0) is 0 Å². The van der Waals surface area contributed by atoms with Crippen molar-refractivity contribution >= 4 is 0 Å². The van der Waals surface area contributed by atoms with Crippen molar-refractivity contribution < 1.29 is 0 Å². The minimum Gasteiger partial charge on any atom is -0.0999 e. The highest BCUT2D eigenvalue weighted by molar-refractivity contribution is 5.11. The van der Waals surface area contributed by atoms with Crippen LogP contribution < -0.4 is 0 Å². The average molecular weight is 272 g/mol. The van der Waals surface area contributed by atoms with E-state index in [-0.39, 0.29) is 0 Å². The molecule has 0 unspecified atom stereocenters. The van der Waals surface area contributed by atoms with E-state index in [0.717, 1.165) is 23.7 Å². The largest absolute Gasteiger partial charge is 0.0999 e. The minimum absolute atomic E-state index is 0.776. The SMILES string of the molecule is C=C(C)C1CCC(C(=C)C2CCC(C(=C)C)CC2)CC1. The van der Waals surface area contributed by atoms with Gasteiger partial charge in [0.15, 0.2) is 0 Å². The predicted molar refractivity (Wildman–Crippen MR) is 89.7 cm³/mol. The lowest BCUT2D eigenvalue weighted by Gasteiger charge is -2.36. The number of rotatable bonds is 4. The first-order chi connectivity index (χ1) is 9.49. The Morgan fingerprint density at radius 2 is 0.800 bits per heavy atom. The van der Waals surface area contributed by atoms with E-state index in [9.17, 15) is 0 Å². The molecule has 0 aromatic carbocycles. The molecule has 2 fully saturated rings. The summed E-state index contributed by atoms with van der Waals surface area (Å²) in [5.41, 5.74) is 4.34. The quantitative estimate of drug-likeness (QED) is 0.526. The molecule has 0 atom stereocenters. The van der Waals surface area contributed by atoms with Crippen LogP contribution in [0.1, 0.15) is 65.2 Å². The Balaban J connectivity index is 1.81. The third-order valence-electron chi connectivity index (χ3n) is 5.90. The molecule has 0 bridgehead atoms. The van der Waals surface area contributed by atoms with Crippen molar-refractivity contribution in [1.82, 2.24) is 0 Å². The zero-order valence-corrected chi connectivity index (χ0v) is 13.6. The van der Waals surface area contributed by atoms with Gasteiger partial charge in [-0.15, -0.1) is 0 Å². The van der Waals surface area contributed by atoms with E-state index >= 15 is 0 Å². The van der Waals surface area contributed by atoms with Gasteiger partial charge in [-0.25, -0.2) is 0 Å². The number of hydrogen-bond acceptors (Lipinski definition) is 0. The highest BCUT2D eigenvalue weighted by Gasteiger charge is 2.29. The number of hydrogen-bond donors (Lipinski definition) is 0. The van der Waals surface area contributed by atoms with Crippen molar-refractivity contribution in [3.05, 3.63) is 36.5 Å². The van der Waals surface area contributed by atoms with Crippen LogP contribution in [0.2, 0.25) is 0 Å². The van der Waals surface area contributed by atoms with Gasteiger partial charge < -0.3 is 0 Å². The maximum Gasteiger partial charge on any atom is -0.0203 e. The van der Waals surface area contributed by atoms with Crippen LogP contribution in [0.25, 0.3) is 0 Å². The van der Waals surface area contributed by atoms with Gasteiger partial charge in [0.1, 0.15) is 0 Å². The first kappa shape index (κ1) is 15.6. The molecule has 2 rings (SSSR count). The Morgan fingerprint density at radius 1 is 0.550 bits per heavy atom.